The average molecular weight is 289 g/mol. The first-order valence-electron chi connectivity index (χ1n) is 4.74. The van der Waals surface area contributed by atoms with Crippen LogP contribution in [0.15, 0.2) is 16.6 Å². The van der Waals surface area contributed by atoms with E-state index in [1.54, 1.807) is 19.1 Å². The standard InChI is InChI=1S/C11H13BrO4/c1-6(11(14)15)3-7-4-8(12)10(13)9(5-7)16-2/h4-6,13H,3H2,1-2H3,(H,14,15). The summed E-state index contributed by atoms with van der Waals surface area (Å²) < 4.78 is 5.48. The minimum Gasteiger partial charge on any atom is -0.503 e. The van der Waals surface area contributed by atoms with Gasteiger partial charge in [-0.2, -0.15) is 0 Å². The van der Waals surface area contributed by atoms with Crippen molar-refractivity contribution in [3.63, 3.8) is 0 Å². The van der Waals surface area contributed by atoms with Crippen molar-refractivity contribution in [1.82, 2.24) is 0 Å². The summed E-state index contributed by atoms with van der Waals surface area (Å²) in [7, 11) is 1.45. The maximum absolute atomic E-state index is 10.7. The summed E-state index contributed by atoms with van der Waals surface area (Å²) in [5.74, 6) is -0.958. The van der Waals surface area contributed by atoms with Gasteiger partial charge in [0.2, 0.25) is 0 Å². The van der Waals surface area contributed by atoms with Gasteiger partial charge in [0.05, 0.1) is 17.5 Å². The van der Waals surface area contributed by atoms with Crippen LogP contribution in [-0.2, 0) is 11.2 Å². The average Bonchev–Trinajstić information content (AvgIpc) is 2.22. The van der Waals surface area contributed by atoms with Gasteiger partial charge in [0.25, 0.3) is 0 Å². The number of rotatable bonds is 4. The third kappa shape index (κ3) is 2.88. The SMILES string of the molecule is COc1cc(CC(C)C(=O)O)cc(Br)c1O. The number of carboxylic acid groups (broad SMARTS) is 1. The van der Waals surface area contributed by atoms with Crippen LogP contribution in [0, 0.1) is 5.92 Å². The second-order valence-electron chi connectivity index (χ2n) is 3.57. The number of phenolic OH excluding ortho intramolecular Hbond substituents is 1. The summed E-state index contributed by atoms with van der Waals surface area (Å²) in [6, 6.07) is 3.33. The molecule has 0 aliphatic rings. The van der Waals surface area contributed by atoms with E-state index in [4.69, 9.17) is 9.84 Å². The molecule has 0 aliphatic heterocycles. The molecule has 0 fully saturated rings. The Morgan fingerprint density at radius 1 is 1.56 bits per heavy atom. The van der Waals surface area contributed by atoms with E-state index in [1.165, 1.54) is 7.11 Å². The first-order valence-corrected chi connectivity index (χ1v) is 5.53. The predicted octanol–water partition coefficient (Wildman–Crippen LogP) is 2.43. The van der Waals surface area contributed by atoms with E-state index >= 15 is 0 Å². The third-order valence-corrected chi connectivity index (χ3v) is 2.88. The van der Waals surface area contributed by atoms with Gasteiger partial charge in [0.1, 0.15) is 0 Å². The molecule has 5 heteroatoms. The van der Waals surface area contributed by atoms with Crippen LogP contribution in [0.25, 0.3) is 0 Å². The Labute approximate surface area is 102 Å². The highest BCUT2D eigenvalue weighted by atomic mass is 79.9. The van der Waals surface area contributed by atoms with Gasteiger partial charge >= 0.3 is 5.97 Å². The van der Waals surface area contributed by atoms with Crippen LogP contribution in [0.5, 0.6) is 11.5 Å². The second-order valence-corrected chi connectivity index (χ2v) is 4.43. The lowest BCUT2D eigenvalue weighted by Gasteiger charge is -2.10. The molecule has 1 aromatic carbocycles. The molecule has 0 amide bonds. The van der Waals surface area contributed by atoms with Crippen molar-refractivity contribution in [2.75, 3.05) is 7.11 Å². The number of carbonyl (C=O) groups is 1. The van der Waals surface area contributed by atoms with Gasteiger partial charge in [0, 0.05) is 0 Å². The highest BCUT2D eigenvalue weighted by molar-refractivity contribution is 9.10. The molecule has 1 atom stereocenters. The van der Waals surface area contributed by atoms with Crippen LogP contribution in [0.2, 0.25) is 0 Å². The lowest BCUT2D eigenvalue weighted by atomic mass is 10.0. The summed E-state index contributed by atoms with van der Waals surface area (Å²) in [5, 5.41) is 18.4. The van der Waals surface area contributed by atoms with Crippen molar-refractivity contribution in [3.8, 4) is 11.5 Å². The summed E-state index contributed by atoms with van der Waals surface area (Å²) in [6.07, 6.45) is 0.393. The molecule has 0 spiro atoms. The first kappa shape index (κ1) is 12.8. The van der Waals surface area contributed by atoms with Gasteiger partial charge in [-0.15, -0.1) is 0 Å². The fourth-order valence-electron chi connectivity index (χ4n) is 1.34. The minimum atomic E-state index is -0.844. The monoisotopic (exact) mass is 288 g/mol. The summed E-state index contributed by atoms with van der Waals surface area (Å²) in [5.41, 5.74) is 0.802. The fourth-order valence-corrected chi connectivity index (χ4v) is 1.83. The molecule has 16 heavy (non-hydrogen) atoms. The van der Waals surface area contributed by atoms with Crippen LogP contribution in [0.1, 0.15) is 12.5 Å². The van der Waals surface area contributed by atoms with E-state index in [1.807, 2.05) is 0 Å². The van der Waals surface area contributed by atoms with Gasteiger partial charge in [0.15, 0.2) is 11.5 Å². The van der Waals surface area contributed by atoms with Crippen LogP contribution in [-0.4, -0.2) is 23.3 Å². The smallest absolute Gasteiger partial charge is 0.306 e. The predicted molar refractivity (Wildman–Crippen MR) is 62.9 cm³/mol. The molecule has 1 unspecified atom stereocenters. The van der Waals surface area contributed by atoms with E-state index in [9.17, 15) is 9.90 Å². The summed E-state index contributed by atoms with van der Waals surface area (Å²) in [4.78, 5) is 10.7. The number of hydrogen-bond donors (Lipinski definition) is 2. The zero-order chi connectivity index (χ0) is 12.3. The van der Waals surface area contributed by atoms with Gasteiger partial charge < -0.3 is 14.9 Å². The van der Waals surface area contributed by atoms with Crippen LogP contribution in [0.4, 0.5) is 0 Å². The van der Waals surface area contributed by atoms with Gasteiger partial charge in [-0.25, -0.2) is 0 Å². The Morgan fingerprint density at radius 2 is 2.19 bits per heavy atom. The van der Waals surface area contributed by atoms with Crippen LogP contribution < -0.4 is 4.74 Å². The fraction of sp³-hybridized carbons (Fsp3) is 0.364. The van der Waals surface area contributed by atoms with Gasteiger partial charge in [-0.1, -0.05) is 6.92 Å². The van der Waals surface area contributed by atoms with Crippen molar-refractivity contribution in [2.24, 2.45) is 5.92 Å². The highest BCUT2D eigenvalue weighted by Crippen LogP contribution is 2.35. The molecule has 0 saturated carbocycles. The number of carboxylic acids is 1. The minimum absolute atomic E-state index is 0.0224. The molecule has 0 aromatic heterocycles. The molecule has 0 aliphatic carbocycles. The number of methoxy groups -OCH3 is 1. The number of ether oxygens (including phenoxy) is 1. The number of halogens is 1. The maximum Gasteiger partial charge on any atom is 0.306 e. The Bertz CT molecular complexity index is 403. The molecular formula is C11H13BrO4. The second kappa shape index (κ2) is 5.21. The normalized spacial score (nSPS) is 12.2. The van der Waals surface area contributed by atoms with Crippen molar-refractivity contribution in [3.05, 3.63) is 22.2 Å². The molecule has 1 rings (SSSR count). The number of phenols is 1. The zero-order valence-corrected chi connectivity index (χ0v) is 10.6. The van der Waals surface area contributed by atoms with Crippen molar-refractivity contribution in [1.29, 1.82) is 0 Å². The molecule has 0 bridgehead atoms. The lowest BCUT2D eigenvalue weighted by Crippen LogP contribution is -2.12. The Balaban J connectivity index is 2.98. The first-order chi connectivity index (χ1) is 7.45. The summed E-state index contributed by atoms with van der Waals surface area (Å²) in [6.45, 7) is 1.63. The van der Waals surface area contributed by atoms with E-state index in [-0.39, 0.29) is 5.75 Å². The van der Waals surface area contributed by atoms with Crippen LogP contribution >= 0.6 is 15.9 Å². The maximum atomic E-state index is 10.7. The quantitative estimate of drug-likeness (QED) is 0.893. The van der Waals surface area contributed by atoms with Gasteiger partial charge in [-0.3, -0.25) is 4.79 Å². The van der Waals surface area contributed by atoms with E-state index < -0.39 is 11.9 Å². The number of benzene rings is 1. The molecule has 0 saturated heterocycles. The van der Waals surface area contributed by atoms with Crippen molar-refractivity contribution >= 4 is 21.9 Å². The Morgan fingerprint density at radius 3 is 2.69 bits per heavy atom. The Kier molecular flexibility index (Phi) is 4.18. The molecule has 1 aromatic rings. The lowest BCUT2D eigenvalue weighted by molar-refractivity contribution is -0.141. The highest BCUT2D eigenvalue weighted by Gasteiger charge is 2.14. The number of aliphatic carboxylic acids is 1. The summed E-state index contributed by atoms with van der Waals surface area (Å²) >= 11 is 3.19. The molecule has 88 valence electrons. The largest absolute Gasteiger partial charge is 0.503 e. The molecule has 2 N–H and O–H groups in total. The zero-order valence-electron chi connectivity index (χ0n) is 9.03. The van der Waals surface area contributed by atoms with E-state index in [2.05, 4.69) is 15.9 Å². The number of aromatic hydroxyl groups is 1. The topological polar surface area (TPSA) is 66.8 Å². The van der Waals surface area contributed by atoms with E-state index in [0.717, 1.165) is 5.56 Å². The third-order valence-electron chi connectivity index (χ3n) is 2.27. The molecular weight excluding hydrogens is 276 g/mol. The molecule has 0 radical (unpaired) electrons. The number of hydrogen-bond acceptors (Lipinski definition) is 3. The van der Waals surface area contributed by atoms with Gasteiger partial charge in [-0.05, 0) is 40.0 Å². The van der Waals surface area contributed by atoms with Crippen molar-refractivity contribution in [2.45, 2.75) is 13.3 Å². The van der Waals surface area contributed by atoms with E-state index in [0.29, 0.717) is 16.6 Å². The molecule has 4 nitrogen and oxygen atoms in total. The molecule has 0 heterocycles. The Hall–Kier alpha value is -1.23. The van der Waals surface area contributed by atoms with Crippen molar-refractivity contribution < 1.29 is 19.7 Å². The van der Waals surface area contributed by atoms with Crippen LogP contribution in [0.3, 0.4) is 0 Å².